The van der Waals surface area contributed by atoms with E-state index in [4.69, 9.17) is 14.2 Å². The number of rotatable bonds is 8. The highest BCUT2D eigenvalue weighted by atomic mass is 79.9. The summed E-state index contributed by atoms with van der Waals surface area (Å²) in [6.45, 7) is 2.31. The molecule has 25 heavy (non-hydrogen) atoms. The number of halogens is 1. The number of para-hydroxylation sites is 1. The first-order valence-corrected chi connectivity index (χ1v) is 8.43. The molecule has 2 aromatic carbocycles. The zero-order valence-electron chi connectivity index (χ0n) is 14.0. The number of hydrogen-bond acceptors (Lipinski definition) is 5. The van der Waals surface area contributed by atoms with Gasteiger partial charge in [0.1, 0.15) is 5.75 Å². The summed E-state index contributed by atoms with van der Waals surface area (Å²) >= 11 is 3.44. The summed E-state index contributed by atoms with van der Waals surface area (Å²) in [6.07, 6.45) is 1.52. The van der Waals surface area contributed by atoms with Crippen molar-refractivity contribution in [2.45, 2.75) is 6.92 Å². The molecule has 132 valence electrons. The van der Waals surface area contributed by atoms with Crippen LogP contribution in [0.25, 0.3) is 0 Å². The van der Waals surface area contributed by atoms with Crippen LogP contribution in [0.5, 0.6) is 17.2 Å². The number of nitrogens with one attached hydrogen (secondary N) is 1. The molecule has 0 radical (unpaired) electrons. The Hall–Kier alpha value is -2.54. The number of amides is 1. The van der Waals surface area contributed by atoms with E-state index in [0.29, 0.717) is 23.9 Å². The summed E-state index contributed by atoms with van der Waals surface area (Å²) < 4.78 is 16.9. The van der Waals surface area contributed by atoms with Crippen LogP contribution >= 0.6 is 15.9 Å². The first-order chi connectivity index (χ1) is 12.1. The minimum absolute atomic E-state index is 0.113. The van der Waals surface area contributed by atoms with Crippen molar-refractivity contribution in [3.63, 3.8) is 0 Å². The third-order valence-electron chi connectivity index (χ3n) is 3.06. The fourth-order valence-electron chi connectivity index (χ4n) is 1.98. The Morgan fingerprint density at radius 2 is 2.00 bits per heavy atom. The van der Waals surface area contributed by atoms with Crippen molar-refractivity contribution in [3.8, 4) is 17.2 Å². The minimum atomic E-state index is -0.350. The number of ether oxygens (including phenoxy) is 3. The zero-order chi connectivity index (χ0) is 18.1. The lowest BCUT2D eigenvalue weighted by molar-refractivity contribution is -0.123. The van der Waals surface area contributed by atoms with E-state index in [0.717, 1.165) is 10.0 Å². The highest BCUT2D eigenvalue weighted by Gasteiger charge is 2.10. The van der Waals surface area contributed by atoms with Gasteiger partial charge < -0.3 is 14.2 Å². The van der Waals surface area contributed by atoms with Crippen LogP contribution in [-0.4, -0.2) is 32.4 Å². The molecule has 0 fully saturated rings. The molecule has 2 aromatic rings. The Morgan fingerprint density at radius 3 is 2.68 bits per heavy atom. The summed E-state index contributed by atoms with van der Waals surface area (Å²) in [5.74, 6) is 1.48. The minimum Gasteiger partial charge on any atom is -0.493 e. The summed E-state index contributed by atoms with van der Waals surface area (Å²) in [5, 5.41) is 3.92. The molecule has 0 aliphatic rings. The number of hydrogen-bond donors (Lipinski definition) is 1. The SMILES string of the molecule is CCOc1c(Br)cc(/C=N\NC(=O)COc2ccccc2)cc1OC. The number of carbonyl (C=O) groups excluding carboxylic acids is 1. The van der Waals surface area contributed by atoms with Crippen LogP contribution in [0.2, 0.25) is 0 Å². The molecule has 0 aliphatic carbocycles. The first kappa shape index (κ1) is 18.8. The lowest BCUT2D eigenvalue weighted by Gasteiger charge is -2.11. The van der Waals surface area contributed by atoms with Gasteiger partial charge in [-0.25, -0.2) is 5.43 Å². The van der Waals surface area contributed by atoms with Crippen LogP contribution in [0.3, 0.4) is 0 Å². The maximum Gasteiger partial charge on any atom is 0.277 e. The fraction of sp³-hybridized carbons (Fsp3) is 0.222. The number of carbonyl (C=O) groups is 1. The van der Waals surface area contributed by atoms with Crippen molar-refractivity contribution in [2.75, 3.05) is 20.3 Å². The van der Waals surface area contributed by atoms with E-state index in [-0.39, 0.29) is 12.5 Å². The number of nitrogens with zero attached hydrogens (tertiary/aromatic N) is 1. The van der Waals surface area contributed by atoms with Crippen molar-refractivity contribution in [1.29, 1.82) is 0 Å². The van der Waals surface area contributed by atoms with Crippen LogP contribution < -0.4 is 19.6 Å². The van der Waals surface area contributed by atoms with Gasteiger partial charge in [0.25, 0.3) is 5.91 Å². The predicted molar refractivity (Wildman–Crippen MR) is 99.5 cm³/mol. The molecule has 2 rings (SSSR count). The van der Waals surface area contributed by atoms with Gasteiger partial charge in [0, 0.05) is 0 Å². The molecule has 6 nitrogen and oxygen atoms in total. The van der Waals surface area contributed by atoms with Crippen molar-refractivity contribution < 1.29 is 19.0 Å². The third kappa shape index (κ3) is 5.79. The van der Waals surface area contributed by atoms with Gasteiger partial charge in [-0.3, -0.25) is 4.79 Å². The Kier molecular flexibility index (Phi) is 7.28. The zero-order valence-corrected chi connectivity index (χ0v) is 15.6. The smallest absolute Gasteiger partial charge is 0.277 e. The molecular weight excluding hydrogens is 388 g/mol. The number of methoxy groups -OCH3 is 1. The summed E-state index contributed by atoms with van der Waals surface area (Å²) in [6, 6.07) is 12.7. The van der Waals surface area contributed by atoms with E-state index >= 15 is 0 Å². The fourth-order valence-corrected chi connectivity index (χ4v) is 2.55. The van der Waals surface area contributed by atoms with Gasteiger partial charge in [0.15, 0.2) is 18.1 Å². The van der Waals surface area contributed by atoms with E-state index < -0.39 is 0 Å². The third-order valence-corrected chi connectivity index (χ3v) is 3.65. The Morgan fingerprint density at radius 1 is 1.24 bits per heavy atom. The predicted octanol–water partition coefficient (Wildman–Crippen LogP) is 3.39. The molecule has 0 unspecified atom stereocenters. The van der Waals surface area contributed by atoms with Gasteiger partial charge in [0.2, 0.25) is 0 Å². The summed E-state index contributed by atoms with van der Waals surface area (Å²) in [7, 11) is 1.56. The van der Waals surface area contributed by atoms with E-state index in [1.807, 2.05) is 31.2 Å². The average Bonchev–Trinajstić information content (AvgIpc) is 2.63. The van der Waals surface area contributed by atoms with Gasteiger partial charge in [-0.05, 0) is 52.7 Å². The second kappa shape index (κ2) is 9.68. The highest BCUT2D eigenvalue weighted by Crippen LogP contribution is 2.36. The summed E-state index contributed by atoms with van der Waals surface area (Å²) in [5.41, 5.74) is 3.16. The standard InChI is InChI=1S/C18H19BrN2O4/c1-3-24-18-15(19)9-13(10-16(18)23-2)11-20-21-17(22)12-25-14-7-5-4-6-8-14/h4-11H,3,12H2,1-2H3,(H,21,22)/b20-11-. The molecule has 0 spiro atoms. The van der Waals surface area contributed by atoms with Gasteiger partial charge in [-0.2, -0.15) is 5.10 Å². The number of hydrazone groups is 1. The molecule has 0 aliphatic heterocycles. The molecule has 0 heterocycles. The van der Waals surface area contributed by atoms with Crippen molar-refractivity contribution in [3.05, 3.63) is 52.5 Å². The summed E-state index contributed by atoms with van der Waals surface area (Å²) in [4.78, 5) is 11.7. The normalized spacial score (nSPS) is 10.5. The molecule has 7 heteroatoms. The van der Waals surface area contributed by atoms with Crippen molar-refractivity contribution in [1.82, 2.24) is 5.43 Å². The maximum atomic E-state index is 11.7. The first-order valence-electron chi connectivity index (χ1n) is 7.64. The monoisotopic (exact) mass is 406 g/mol. The topological polar surface area (TPSA) is 69.2 Å². The van der Waals surface area contributed by atoms with Crippen LogP contribution in [-0.2, 0) is 4.79 Å². The van der Waals surface area contributed by atoms with Crippen molar-refractivity contribution >= 4 is 28.1 Å². The van der Waals surface area contributed by atoms with E-state index in [1.165, 1.54) is 6.21 Å². The quantitative estimate of drug-likeness (QED) is 0.538. The lowest BCUT2D eigenvalue weighted by Crippen LogP contribution is -2.24. The van der Waals surface area contributed by atoms with E-state index in [1.54, 1.807) is 25.3 Å². The van der Waals surface area contributed by atoms with E-state index in [9.17, 15) is 4.79 Å². The Balaban J connectivity index is 1.92. The molecule has 1 amide bonds. The molecule has 0 bridgehead atoms. The lowest BCUT2D eigenvalue weighted by atomic mass is 10.2. The van der Waals surface area contributed by atoms with Gasteiger partial charge in [-0.1, -0.05) is 18.2 Å². The average molecular weight is 407 g/mol. The molecule has 0 saturated heterocycles. The van der Waals surface area contributed by atoms with Gasteiger partial charge >= 0.3 is 0 Å². The van der Waals surface area contributed by atoms with Crippen LogP contribution in [0, 0.1) is 0 Å². The van der Waals surface area contributed by atoms with E-state index in [2.05, 4.69) is 26.5 Å². The highest BCUT2D eigenvalue weighted by molar-refractivity contribution is 9.10. The van der Waals surface area contributed by atoms with Crippen molar-refractivity contribution in [2.24, 2.45) is 5.10 Å². The Bertz CT molecular complexity index is 735. The largest absolute Gasteiger partial charge is 0.493 e. The van der Waals surface area contributed by atoms with Crippen LogP contribution in [0.15, 0.2) is 52.0 Å². The van der Waals surface area contributed by atoms with Crippen LogP contribution in [0.1, 0.15) is 12.5 Å². The maximum absolute atomic E-state index is 11.7. The molecule has 0 atom stereocenters. The van der Waals surface area contributed by atoms with Crippen LogP contribution in [0.4, 0.5) is 0 Å². The van der Waals surface area contributed by atoms with Gasteiger partial charge in [0.05, 0.1) is 24.4 Å². The Labute approximate surface area is 154 Å². The second-order valence-corrected chi connectivity index (χ2v) is 5.72. The number of benzene rings is 2. The second-order valence-electron chi connectivity index (χ2n) is 4.86. The van der Waals surface area contributed by atoms with Gasteiger partial charge in [-0.15, -0.1) is 0 Å². The molecule has 0 saturated carbocycles. The molecule has 0 aromatic heterocycles. The molecular formula is C18H19BrN2O4. The molecule has 1 N–H and O–H groups in total.